The van der Waals surface area contributed by atoms with Crippen LogP contribution in [0.3, 0.4) is 0 Å². The molecule has 48 heavy (non-hydrogen) atoms. The minimum absolute atomic E-state index is 0.329. The van der Waals surface area contributed by atoms with Crippen LogP contribution in [0.1, 0.15) is 70.1 Å². The van der Waals surface area contributed by atoms with E-state index in [0.717, 1.165) is 30.5 Å². The van der Waals surface area contributed by atoms with E-state index in [2.05, 4.69) is 90.0 Å². The Morgan fingerprint density at radius 2 is 1.44 bits per heavy atom. The van der Waals surface area contributed by atoms with E-state index in [1.807, 2.05) is 12.3 Å². The maximum absolute atomic E-state index is 13.3. The van der Waals surface area contributed by atoms with Gasteiger partial charge in [0.05, 0.1) is 11.0 Å². The first kappa shape index (κ1) is 37.6. The maximum Gasteiger partial charge on any atom is 0.233 e. The number of amides is 2. The highest BCUT2D eigenvalue weighted by Crippen LogP contribution is 2.26. The number of carbonyl (C=O) groups excluding carboxylic acids is 2. The number of benzene rings is 3. The third kappa shape index (κ3) is 12.4. The Hall–Kier alpha value is -4.82. The second-order valence-electron chi connectivity index (χ2n) is 11.6. The van der Waals surface area contributed by atoms with Gasteiger partial charge in [0.25, 0.3) is 0 Å². The molecular formula is C40H50FN5O2. The zero-order valence-electron chi connectivity index (χ0n) is 29.0. The monoisotopic (exact) mass is 651 g/mol. The fraction of sp³-hybridized carbons (Fsp3) is 0.325. The predicted octanol–water partition coefficient (Wildman–Crippen LogP) is 9.24. The first-order chi connectivity index (χ1) is 23.3. The van der Waals surface area contributed by atoms with Crippen molar-refractivity contribution in [2.45, 2.75) is 73.1 Å². The van der Waals surface area contributed by atoms with E-state index < -0.39 is 17.6 Å². The average Bonchev–Trinajstić information content (AvgIpc) is 3.53. The Bertz CT molecular complexity index is 1700. The molecule has 0 bridgehead atoms. The number of nitrogens with zero attached hydrogens (tertiary/aromatic N) is 1. The molecule has 0 saturated heterocycles. The second-order valence-corrected chi connectivity index (χ2v) is 11.6. The van der Waals surface area contributed by atoms with Gasteiger partial charge >= 0.3 is 0 Å². The second kappa shape index (κ2) is 20.4. The third-order valence-corrected chi connectivity index (χ3v) is 7.49. The number of fused-ring (bicyclic) bond motifs is 1. The van der Waals surface area contributed by atoms with Crippen molar-refractivity contribution in [2.24, 2.45) is 0 Å². The van der Waals surface area contributed by atoms with Crippen LogP contribution in [0.2, 0.25) is 0 Å². The molecule has 0 aliphatic heterocycles. The molecule has 0 aliphatic rings. The number of halogens is 1. The molecular weight excluding hydrogens is 601 g/mol. The molecule has 2 heterocycles. The van der Waals surface area contributed by atoms with Gasteiger partial charge in [-0.1, -0.05) is 82.6 Å². The summed E-state index contributed by atoms with van der Waals surface area (Å²) in [5, 5.41) is 8.38. The summed E-state index contributed by atoms with van der Waals surface area (Å²) in [6, 6.07) is 26.2. The molecule has 0 radical (unpaired) electrons. The van der Waals surface area contributed by atoms with Gasteiger partial charge in [-0.05, 0) is 104 Å². The summed E-state index contributed by atoms with van der Waals surface area (Å²) in [6.07, 6.45) is 7.40. The van der Waals surface area contributed by atoms with Crippen molar-refractivity contribution in [3.8, 4) is 11.3 Å². The van der Waals surface area contributed by atoms with Gasteiger partial charge in [-0.2, -0.15) is 0 Å². The van der Waals surface area contributed by atoms with Crippen LogP contribution in [-0.4, -0.2) is 34.9 Å². The smallest absolute Gasteiger partial charge is 0.233 e. The molecule has 0 unspecified atom stereocenters. The van der Waals surface area contributed by atoms with Gasteiger partial charge in [-0.25, -0.2) is 4.39 Å². The lowest BCUT2D eigenvalue weighted by molar-refractivity contribution is -0.123. The number of hydrogen-bond acceptors (Lipinski definition) is 4. The van der Waals surface area contributed by atoms with Crippen LogP contribution in [0.25, 0.3) is 22.3 Å². The normalized spacial score (nSPS) is 10.4. The highest BCUT2D eigenvalue weighted by atomic mass is 19.1. The standard InChI is InChI=1S/C18H20N2.C16H15FN2O2.C6H15N/c1-3-5-15-10-11-19-17-12-16(20-18(15)17)14-8-6-13(4-2)7-9-14;1-11-7-8-13(9-14(11)17)19-16(21)10-15(20)18-12-5-3-2-4-6-12;1-3-5-7-6-4-2/h6-12,20H,3-5H2,1-2H3;2-9H,10H2,1H3,(H,18,20)(H,19,21);7H,3-6H2,1-2H3. The molecule has 2 amide bonds. The number of pyridine rings is 1. The van der Waals surface area contributed by atoms with Crippen LogP contribution in [-0.2, 0) is 22.4 Å². The summed E-state index contributed by atoms with van der Waals surface area (Å²) in [4.78, 5) is 31.4. The Balaban J connectivity index is 0.000000218. The molecule has 0 atom stereocenters. The van der Waals surface area contributed by atoms with Crippen molar-refractivity contribution < 1.29 is 14.0 Å². The highest BCUT2D eigenvalue weighted by Gasteiger charge is 2.11. The zero-order valence-corrected chi connectivity index (χ0v) is 29.0. The summed E-state index contributed by atoms with van der Waals surface area (Å²) in [7, 11) is 0. The number of H-pyrrole nitrogens is 1. The van der Waals surface area contributed by atoms with E-state index in [1.54, 1.807) is 43.3 Å². The molecule has 2 aromatic heterocycles. The van der Waals surface area contributed by atoms with E-state index in [-0.39, 0.29) is 6.42 Å². The van der Waals surface area contributed by atoms with Gasteiger partial charge in [-0.3, -0.25) is 14.6 Å². The fourth-order valence-corrected chi connectivity index (χ4v) is 4.86. The summed E-state index contributed by atoms with van der Waals surface area (Å²) in [6.45, 7) is 12.7. The molecule has 0 spiro atoms. The van der Waals surface area contributed by atoms with Crippen molar-refractivity contribution in [1.82, 2.24) is 15.3 Å². The van der Waals surface area contributed by atoms with Gasteiger partial charge in [0.2, 0.25) is 11.8 Å². The Morgan fingerprint density at radius 3 is 2.04 bits per heavy atom. The van der Waals surface area contributed by atoms with Crippen LogP contribution in [0.15, 0.2) is 91.1 Å². The summed E-state index contributed by atoms with van der Waals surface area (Å²) >= 11 is 0. The van der Waals surface area contributed by atoms with Gasteiger partial charge in [0.15, 0.2) is 0 Å². The van der Waals surface area contributed by atoms with Crippen molar-refractivity contribution in [3.05, 3.63) is 114 Å². The number of aromatic amines is 1. The molecule has 0 saturated carbocycles. The Kier molecular flexibility index (Phi) is 16.0. The fourth-order valence-electron chi connectivity index (χ4n) is 4.86. The zero-order chi connectivity index (χ0) is 34.7. The molecule has 0 fully saturated rings. The van der Waals surface area contributed by atoms with E-state index in [1.165, 1.54) is 54.2 Å². The van der Waals surface area contributed by atoms with Gasteiger partial charge < -0.3 is 20.9 Å². The molecule has 8 heteroatoms. The Morgan fingerprint density at radius 1 is 0.771 bits per heavy atom. The van der Waals surface area contributed by atoms with Crippen LogP contribution in [0.5, 0.6) is 0 Å². The number of carbonyl (C=O) groups is 2. The number of aromatic nitrogens is 2. The lowest BCUT2D eigenvalue weighted by Gasteiger charge is -2.07. The molecule has 0 aliphatic carbocycles. The SMILES string of the molecule is CCCNCCC.CCCc1ccnc2cc(-c3ccc(CC)cc3)[nH]c12.Cc1ccc(NC(=O)CC(=O)Nc2ccccc2)cc1F. The highest BCUT2D eigenvalue weighted by molar-refractivity contribution is 6.08. The quantitative estimate of drug-likeness (QED) is 0.0798. The van der Waals surface area contributed by atoms with E-state index in [9.17, 15) is 14.0 Å². The topological polar surface area (TPSA) is 98.9 Å². The summed E-state index contributed by atoms with van der Waals surface area (Å²) in [5.74, 6) is -1.32. The van der Waals surface area contributed by atoms with E-state index in [4.69, 9.17) is 0 Å². The number of nitrogens with one attached hydrogen (secondary N) is 4. The number of aryl methyl sites for hydroxylation is 3. The first-order valence-corrected chi connectivity index (χ1v) is 16.9. The van der Waals surface area contributed by atoms with E-state index >= 15 is 0 Å². The maximum atomic E-state index is 13.3. The minimum atomic E-state index is -0.494. The number of hydrogen-bond donors (Lipinski definition) is 4. The predicted molar refractivity (Wildman–Crippen MR) is 198 cm³/mol. The molecule has 254 valence electrons. The van der Waals surface area contributed by atoms with Crippen molar-refractivity contribution in [1.29, 1.82) is 0 Å². The molecule has 5 rings (SSSR count). The Labute approximate surface area is 284 Å². The molecule has 7 nitrogen and oxygen atoms in total. The van der Waals surface area contributed by atoms with Gasteiger partial charge in [-0.15, -0.1) is 0 Å². The van der Waals surface area contributed by atoms with E-state index in [0.29, 0.717) is 16.9 Å². The lowest BCUT2D eigenvalue weighted by atomic mass is 10.1. The average molecular weight is 652 g/mol. The first-order valence-electron chi connectivity index (χ1n) is 16.9. The van der Waals surface area contributed by atoms with Gasteiger partial charge in [0, 0.05) is 23.3 Å². The minimum Gasteiger partial charge on any atom is -0.353 e. The largest absolute Gasteiger partial charge is 0.353 e. The summed E-state index contributed by atoms with van der Waals surface area (Å²) < 4.78 is 13.3. The lowest BCUT2D eigenvalue weighted by Crippen LogP contribution is -2.21. The van der Waals surface area contributed by atoms with Crippen molar-refractivity contribution >= 4 is 34.2 Å². The molecule has 3 aromatic carbocycles. The van der Waals surface area contributed by atoms with Crippen LogP contribution >= 0.6 is 0 Å². The van der Waals surface area contributed by atoms with Crippen molar-refractivity contribution in [2.75, 3.05) is 23.7 Å². The third-order valence-electron chi connectivity index (χ3n) is 7.49. The van der Waals surface area contributed by atoms with Crippen LogP contribution < -0.4 is 16.0 Å². The van der Waals surface area contributed by atoms with Crippen LogP contribution in [0.4, 0.5) is 15.8 Å². The molecule has 4 N–H and O–H groups in total. The number of para-hydroxylation sites is 1. The number of anilines is 2. The molecule has 5 aromatic rings. The number of rotatable bonds is 12. The van der Waals surface area contributed by atoms with Gasteiger partial charge in [0.1, 0.15) is 12.2 Å². The van der Waals surface area contributed by atoms with Crippen molar-refractivity contribution in [3.63, 3.8) is 0 Å². The summed E-state index contributed by atoms with van der Waals surface area (Å²) in [5.41, 5.74) is 8.79. The van der Waals surface area contributed by atoms with Crippen LogP contribution in [0, 0.1) is 12.7 Å².